The SMILES string of the molecule is COc1ccc(C2C(=O)c3ccccc3NC23CCN(Cc2ccc(F)cc2)CC3)cc1. The number of nitrogens with one attached hydrogen (secondary N) is 1. The lowest BCUT2D eigenvalue weighted by Crippen LogP contribution is -2.56. The van der Waals surface area contributed by atoms with Gasteiger partial charge in [0.1, 0.15) is 11.6 Å². The van der Waals surface area contributed by atoms with Crippen molar-refractivity contribution >= 4 is 11.5 Å². The maximum atomic E-state index is 13.7. The minimum absolute atomic E-state index is 0.177. The molecule has 0 aromatic heterocycles. The highest BCUT2D eigenvalue weighted by molar-refractivity contribution is 6.08. The summed E-state index contributed by atoms with van der Waals surface area (Å²) in [6, 6.07) is 22.4. The van der Waals surface area contributed by atoms with Gasteiger partial charge in [-0.2, -0.15) is 0 Å². The van der Waals surface area contributed by atoms with Crippen molar-refractivity contribution < 1.29 is 13.9 Å². The van der Waals surface area contributed by atoms with E-state index in [1.807, 2.05) is 60.7 Å². The number of hydrogen-bond acceptors (Lipinski definition) is 4. The van der Waals surface area contributed by atoms with E-state index in [9.17, 15) is 9.18 Å². The number of hydrogen-bond donors (Lipinski definition) is 1. The normalized spacial score (nSPS) is 19.9. The number of ketones is 1. The maximum Gasteiger partial charge on any atom is 0.174 e. The summed E-state index contributed by atoms with van der Waals surface area (Å²) in [5, 5.41) is 3.78. The number of Topliss-reactive ketones (excluding diaryl/α,β-unsaturated/α-hetero) is 1. The van der Waals surface area contributed by atoms with Crippen molar-refractivity contribution in [2.24, 2.45) is 0 Å². The Bertz CT molecular complexity index is 1100. The molecule has 1 atom stereocenters. The summed E-state index contributed by atoms with van der Waals surface area (Å²) >= 11 is 0. The molecule has 0 radical (unpaired) electrons. The van der Waals surface area contributed by atoms with Crippen molar-refractivity contribution in [2.75, 3.05) is 25.5 Å². The summed E-state index contributed by atoms with van der Waals surface area (Å²) in [7, 11) is 1.65. The molecule has 32 heavy (non-hydrogen) atoms. The zero-order chi connectivity index (χ0) is 22.1. The number of carbonyl (C=O) groups excluding carboxylic acids is 1. The van der Waals surface area contributed by atoms with Gasteiger partial charge in [-0.3, -0.25) is 9.69 Å². The van der Waals surface area contributed by atoms with Crippen LogP contribution in [0.2, 0.25) is 0 Å². The summed E-state index contributed by atoms with van der Waals surface area (Å²) in [5.41, 5.74) is 3.47. The average Bonchev–Trinajstić information content (AvgIpc) is 2.83. The van der Waals surface area contributed by atoms with Crippen LogP contribution in [-0.4, -0.2) is 36.4 Å². The first kappa shape index (κ1) is 20.7. The Morgan fingerprint density at radius 1 is 1.00 bits per heavy atom. The number of halogens is 1. The Morgan fingerprint density at radius 3 is 2.38 bits per heavy atom. The number of rotatable bonds is 4. The van der Waals surface area contributed by atoms with Crippen LogP contribution in [0.25, 0.3) is 0 Å². The lowest BCUT2D eigenvalue weighted by atomic mass is 9.67. The van der Waals surface area contributed by atoms with Crippen LogP contribution < -0.4 is 10.1 Å². The predicted molar refractivity (Wildman–Crippen MR) is 124 cm³/mol. The smallest absolute Gasteiger partial charge is 0.174 e. The highest BCUT2D eigenvalue weighted by atomic mass is 19.1. The van der Waals surface area contributed by atoms with Gasteiger partial charge in [-0.1, -0.05) is 36.4 Å². The molecule has 1 spiro atoms. The van der Waals surface area contributed by atoms with Gasteiger partial charge in [0.2, 0.25) is 0 Å². The minimum Gasteiger partial charge on any atom is -0.497 e. The molecule has 0 amide bonds. The van der Waals surface area contributed by atoms with E-state index in [2.05, 4.69) is 10.2 Å². The van der Waals surface area contributed by atoms with Gasteiger partial charge in [-0.05, 0) is 60.4 Å². The fourth-order valence-electron chi connectivity index (χ4n) is 5.19. The molecule has 1 fully saturated rings. The van der Waals surface area contributed by atoms with Gasteiger partial charge in [0, 0.05) is 30.9 Å². The minimum atomic E-state index is -0.334. The molecule has 0 aliphatic carbocycles. The van der Waals surface area contributed by atoms with Gasteiger partial charge in [0.05, 0.1) is 18.6 Å². The fourth-order valence-corrected chi connectivity index (χ4v) is 5.19. The Balaban J connectivity index is 1.43. The van der Waals surface area contributed by atoms with Crippen molar-refractivity contribution in [1.82, 2.24) is 4.90 Å². The van der Waals surface area contributed by atoms with E-state index in [-0.39, 0.29) is 23.1 Å². The van der Waals surface area contributed by atoms with Crippen LogP contribution >= 0.6 is 0 Å². The molecule has 2 heterocycles. The van der Waals surface area contributed by atoms with Gasteiger partial charge < -0.3 is 10.1 Å². The van der Waals surface area contributed by atoms with Crippen LogP contribution in [0.5, 0.6) is 5.75 Å². The van der Waals surface area contributed by atoms with Crippen molar-refractivity contribution in [3.63, 3.8) is 0 Å². The molecule has 164 valence electrons. The van der Waals surface area contributed by atoms with Crippen LogP contribution in [0, 0.1) is 5.82 Å². The lowest BCUT2D eigenvalue weighted by Gasteiger charge is -2.50. The second kappa shape index (κ2) is 8.40. The maximum absolute atomic E-state index is 13.7. The quantitative estimate of drug-likeness (QED) is 0.613. The molecule has 4 nitrogen and oxygen atoms in total. The van der Waals surface area contributed by atoms with Crippen molar-refractivity contribution in [3.8, 4) is 5.75 Å². The predicted octanol–water partition coefficient (Wildman–Crippen LogP) is 5.26. The first-order valence-electron chi connectivity index (χ1n) is 11.1. The van der Waals surface area contributed by atoms with Gasteiger partial charge in [-0.25, -0.2) is 4.39 Å². The van der Waals surface area contributed by atoms with Gasteiger partial charge >= 0.3 is 0 Å². The Kier molecular flexibility index (Phi) is 5.43. The van der Waals surface area contributed by atoms with E-state index in [0.717, 1.165) is 60.6 Å². The molecule has 3 aromatic carbocycles. The molecule has 5 heteroatoms. The molecule has 2 aliphatic heterocycles. The van der Waals surface area contributed by atoms with E-state index >= 15 is 0 Å². The molecule has 5 rings (SSSR count). The lowest BCUT2D eigenvalue weighted by molar-refractivity contribution is 0.0842. The number of fused-ring (bicyclic) bond motifs is 1. The number of anilines is 1. The van der Waals surface area contributed by atoms with Crippen molar-refractivity contribution in [1.29, 1.82) is 0 Å². The molecule has 3 aromatic rings. The van der Waals surface area contributed by atoms with Gasteiger partial charge in [0.25, 0.3) is 0 Å². The summed E-state index contributed by atoms with van der Waals surface area (Å²) in [5.74, 6) is 0.499. The second-order valence-electron chi connectivity index (χ2n) is 8.80. The largest absolute Gasteiger partial charge is 0.497 e. The van der Waals surface area contributed by atoms with E-state index in [1.54, 1.807) is 7.11 Å². The highest BCUT2D eigenvalue weighted by Crippen LogP contribution is 2.46. The molecular weight excluding hydrogens is 403 g/mol. The van der Waals surface area contributed by atoms with E-state index in [0.29, 0.717) is 0 Å². The summed E-state index contributed by atoms with van der Waals surface area (Å²) in [6.45, 7) is 2.52. The van der Waals surface area contributed by atoms with Crippen LogP contribution in [0.15, 0.2) is 72.8 Å². The Hall–Kier alpha value is -3.18. The molecule has 1 unspecified atom stereocenters. The Labute approximate surface area is 188 Å². The number of para-hydroxylation sites is 1. The zero-order valence-electron chi connectivity index (χ0n) is 18.2. The first-order chi connectivity index (χ1) is 15.6. The van der Waals surface area contributed by atoms with E-state index in [4.69, 9.17) is 4.74 Å². The molecule has 2 aliphatic rings. The summed E-state index contributed by atoms with van der Waals surface area (Å²) in [4.78, 5) is 16.1. The monoisotopic (exact) mass is 430 g/mol. The molecule has 0 saturated carbocycles. The van der Waals surface area contributed by atoms with Gasteiger partial charge in [-0.15, -0.1) is 0 Å². The first-order valence-corrected chi connectivity index (χ1v) is 11.1. The van der Waals surface area contributed by atoms with Crippen LogP contribution in [-0.2, 0) is 6.54 Å². The topological polar surface area (TPSA) is 41.6 Å². The summed E-state index contributed by atoms with van der Waals surface area (Å²) in [6.07, 6.45) is 1.70. The Morgan fingerprint density at radius 2 is 1.69 bits per heavy atom. The van der Waals surface area contributed by atoms with Crippen LogP contribution in [0.4, 0.5) is 10.1 Å². The van der Waals surface area contributed by atoms with Crippen molar-refractivity contribution in [3.05, 3.63) is 95.3 Å². The number of likely N-dealkylation sites (tertiary alicyclic amines) is 1. The third kappa shape index (κ3) is 3.78. The van der Waals surface area contributed by atoms with E-state index in [1.165, 1.54) is 12.1 Å². The number of benzene rings is 3. The summed E-state index contributed by atoms with van der Waals surface area (Å²) < 4.78 is 18.6. The molecular formula is C27H27FN2O2. The number of nitrogens with zero attached hydrogens (tertiary/aromatic N) is 1. The average molecular weight is 431 g/mol. The number of methoxy groups -OCH3 is 1. The molecule has 1 N–H and O–H groups in total. The zero-order valence-corrected chi connectivity index (χ0v) is 18.2. The second-order valence-corrected chi connectivity index (χ2v) is 8.80. The molecule has 0 bridgehead atoms. The third-order valence-electron chi connectivity index (χ3n) is 6.91. The van der Waals surface area contributed by atoms with Crippen molar-refractivity contribution in [2.45, 2.75) is 30.8 Å². The molecule has 1 saturated heterocycles. The standard InChI is InChI=1S/C27H27FN2O2/c1-32-22-12-8-20(9-13-22)25-26(31)23-4-2-3-5-24(23)29-27(25)14-16-30(17-15-27)18-19-6-10-21(28)11-7-19/h2-13,25,29H,14-18H2,1H3. The number of piperidine rings is 1. The van der Waals surface area contributed by atoms with Crippen LogP contribution in [0.1, 0.15) is 40.2 Å². The number of ether oxygens (including phenoxy) is 1. The van der Waals surface area contributed by atoms with E-state index < -0.39 is 0 Å². The van der Waals surface area contributed by atoms with Gasteiger partial charge in [0.15, 0.2) is 5.78 Å². The third-order valence-corrected chi connectivity index (χ3v) is 6.91. The highest BCUT2D eigenvalue weighted by Gasteiger charge is 2.49. The number of carbonyl (C=O) groups is 1. The fraction of sp³-hybridized carbons (Fsp3) is 0.296. The van der Waals surface area contributed by atoms with Crippen LogP contribution in [0.3, 0.4) is 0 Å².